The van der Waals surface area contributed by atoms with Crippen molar-refractivity contribution in [2.75, 3.05) is 49.2 Å². The topological polar surface area (TPSA) is 151 Å². The van der Waals surface area contributed by atoms with E-state index in [2.05, 4.69) is 42.6 Å². The van der Waals surface area contributed by atoms with Crippen LogP contribution in [-0.2, 0) is 17.6 Å². The van der Waals surface area contributed by atoms with Crippen LogP contribution in [-0.4, -0.2) is 74.7 Å². The van der Waals surface area contributed by atoms with E-state index in [0.29, 0.717) is 26.1 Å². The van der Waals surface area contributed by atoms with Crippen molar-refractivity contribution in [3.05, 3.63) is 59.8 Å². The van der Waals surface area contributed by atoms with Gasteiger partial charge in [0.05, 0.1) is 6.20 Å². The van der Waals surface area contributed by atoms with Crippen molar-refractivity contribution in [3.63, 3.8) is 0 Å². The number of hydrogen-bond acceptors (Lipinski definition) is 10. The van der Waals surface area contributed by atoms with Crippen LogP contribution in [0.25, 0.3) is 0 Å². The number of ether oxygens (including phenoxy) is 1. The number of hydrogen-bond donors (Lipinski definition) is 4. The molecule has 3 aromatic heterocycles. The monoisotopic (exact) mass is 534 g/mol. The Hall–Kier alpha value is -3.99. The summed E-state index contributed by atoms with van der Waals surface area (Å²) in [4.78, 5) is 31.4. The number of anilines is 3. The van der Waals surface area contributed by atoms with Crippen molar-refractivity contribution in [3.8, 4) is 5.75 Å². The highest BCUT2D eigenvalue weighted by Gasteiger charge is 2.20. The van der Waals surface area contributed by atoms with Crippen molar-refractivity contribution in [2.45, 2.75) is 51.5 Å². The van der Waals surface area contributed by atoms with Gasteiger partial charge in [0.15, 0.2) is 11.6 Å². The zero-order valence-electron chi connectivity index (χ0n) is 22.5. The molecule has 208 valence electrons. The second-order valence-corrected chi connectivity index (χ2v) is 9.74. The number of unbranched alkanes of at least 4 members (excludes halogenated alkanes) is 1. The van der Waals surface area contributed by atoms with Gasteiger partial charge in [0.25, 0.3) is 0 Å². The van der Waals surface area contributed by atoms with Crippen LogP contribution < -0.4 is 21.1 Å². The molecule has 1 atom stereocenters. The average Bonchev–Trinajstić information content (AvgIpc) is 2.94. The molecule has 5 N–H and O–H groups in total. The number of aryl methyl sites for hydroxylation is 3. The number of fused-ring (bicyclic) bond motifs is 1. The summed E-state index contributed by atoms with van der Waals surface area (Å²) >= 11 is 0. The van der Waals surface area contributed by atoms with Gasteiger partial charge in [0.2, 0.25) is 0 Å². The van der Waals surface area contributed by atoms with Gasteiger partial charge in [-0.15, -0.1) is 0 Å². The maximum atomic E-state index is 12.0. The Labute approximate surface area is 229 Å². The second-order valence-electron chi connectivity index (χ2n) is 9.74. The summed E-state index contributed by atoms with van der Waals surface area (Å²) in [7, 11) is 0. The summed E-state index contributed by atoms with van der Waals surface area (Å²) in [5.41, 5.74) is 9.18. The molecule has 0 saturated carbocycles. The van der Waals surface area contributed by atoms with Crippen LogP contribution in [0.5, 0.6) is 5.75 Å². The lowest BCUT2D eigenvalue weighted by molar-refractivity contribution is -0.138. The van der Waals surface area contributed by atoms with Crippen molar-refractivity contribution >= 4 is 23.4 Å². The van der Waals surface area contributed by atoms with Crippen molar-refractivity contribution in [2.24, 2.45) is 0 Å². The van der Waals surface area contributed by atoms with E-state index < -0.39 is 12.0 Å². The number of aromatic nitrogens is 4. The van der Waals surface area contributed by atoms with Gasteiger partial charge in [0, 0.05) is 43.4 Å². The van der Waals surface area contributed by atoms with E-state index in [4.69, 9.17) is 15.5 Å². The third-order valence-electron chi connectivity index (χ3n) is 6.74. The minimum Gasteiger partial charge on any atom is -0.491 e. The van der Waals surface area contributed by atoms with Gasteiger partial charge in [-0.3, -0.25) is 9.88 Å². The molecule has 11 heteroatoms. The predicted octanol–water partition coefficient (Wildman–Crippen LogP) is 3.17. The standard InChI is InChI=1S/C28H38N8O3/c1-20-7-10-23(19-33-20)39-18-17-36(16-11-24(28(37)38)35-27-25(29)30-13-14-32-27)15-3-2-6-22-9-8-21-5-4-12-31-26(21)34-22/h7-10,13-14,19,24H,2-6,11-12,15-18H2,1H3,(H2,29,30)(H,31,34)(H,32,35)(H,37,38)/t24-/m0/s1. The summed E-state index contributed by atoms with van der Waals surface area (Å²) < 4.78 is 5.90. The van der Waals surface area contributed by atoms with Crippen LogP contribution in [0, 0.1) is 6.92 Å². The SMILES string of the molecule is Cc1ccc(OCCN(CCCCc2ccc3c(n2)NCCC3)CC[C@H](Nc2nccnc2N)C(=O)O)cn1. The molecule has 1 aliphatic heterocycles. The Bertz CT molecular complexity index is 1210. The maximum Gasteiger partial charge on any atom is 0.326 e. The fourth-order valence-electron chi connectivity index (χ4n) is 4.51. The number of pyridine rings is 2. The maximum absolute atomic E-state index is 12.0. The van der Waals surface area contributed by atoms with Crippen LogP contribution in [0.1, 0.15) is 42.6 Å². The summed E-state index contributed by atoms with van der Waals surface area (Å²) in [6.07, 6.45) is 10.1. The van der Waals surface area contributed by atoms with Gasteiger partial charge in [0.1, 0.15) is 24.2 Å². The highest BCUT2D eigenvalue weighted by Crippen LogP contribution is 2.20. The van der Waals surface area contributed by atoms with Crippen molar-refractivity contribution in [1.29, 1.82) is 0 Å². The third kappa shape index (κ3) is 8.78. The van der Waals surface area contributed by atoms with E-state index >= 15 is 0 Å². The molecule has 11 nitrogen and oxygen atoms in total. The van der Waals surface area contributed by atoms with E-state index in [0.717, 1.165) is 68.1 Å². The molecule has 0 aliphatic carbocycles. The average molecular weight is 535 g/mol. The summed E-state index contributed by atoms with van der Waals surface area (Å²) in [6.45, 7) is 5.44. The number of nitrogen functional groups attached to an aromatic ring is 1. The predicted molar refractivity (Wildman–Crippen MR) is 151 cm³/mol. The minimum atomic E-state index is -0.964. The highest BCUT2D eigenvalue weighted by atomic mass is 16.5. The Morgan fingerprint density at radius 3 is 2.82 bits per heavy atom. The van der Waals surface area contributed by atoms with E-state index in [9.17, 15) is 9.90 Å². The third-order valence-corrected chi connectivity index (χ3v) is 6.74. The Kier molecular flexibility index (Phi) is 10.2. The van der Waals surface area contributed by atoms with Gasteiger partial charge in [-0.25, -0.2) is 19.7 Å². The molecule has 39 heavy (non-hydrogen) atoms. The molecule has 0 bridgehead atoms. The molecule has 4 heterocycles. The van der Waals surface area contributed by atoms with Crippen LogP contribution in [0.3, 0.4) is 0 Å². The van der Waals surface area contributed by atoms with Crippen LogP contribution in [0.2, 0.25) is 0 Å². The Morgan fingerprint density at radius 2 is 2.03 bits per heavy atom. The number of nitrogens with two attached hydrogens (primary N) is 1. The second kappa shape index (κ2) is 14.2. The first-order valence-corrected chi connectivity index (χ1v) is 13.5. The highest BCUT2D eigenvalue weighted by molar-refractivity contribution is 5.78. The lowest BCUT2D eigenvalue weighted by atomic mass is 10.1. The molecule has 3 aromatic rings. The van der Waals surface area contributed by atoms with Gasteiger partial charge in [-0.05, 0) is 75.8 Å². The number of carboxylic acid groups (broad SMARTS) is 1. The molecular formula is C28H38N8O3. The molecule has 0 radical (unpaired) electrons. The normalized spacial score (nSPS) is 13.4. The number of nitrogens with one attached hydrogen (secondary N) is 2. The van der Waals surface area contributed by atoms with Crippen LogP contribution in [0.15, 0.2) is 42.9 Å². The molecule has 4 rings (SSSR count). The number of carboxylic acids is 1. The van der Waals surface area contributed by atoms with Crippen LogP contribution in [0.4, 0.5) is 17.5 Å². The zero-order valence-corrected chi connectivity index (χ0v) is 22.5. The summed E-state index contributed by atoms with van der Waals surface area (Å²) in [5, 5.41) is 16.1. The van der Waals surface area contributed by atoms with Gasteiger partial charge in [-0.2, -0.15) is 0 Å². The van der Waals surface area contributed by atoms with E-state index in [1.165, 1.54) is 18.0 Å². The fourth-order valence-corrected chi connectivity index (χ4v) is 4.51. The smallest absolute Gasteiger partial charge is 0.326 e. The summed E-state index contributed by atoms with van der Waals surface area (Å²) in [5.74, 6) is 1.23. The molecule has 0 amide bonds. The van der Waals surface area contributed by atoms with Crippen molar-refractivity contribution in [1.82, 2.24) is 24.8 Å². The van der Waals surface area contributed by atoms with E-state index in [1.807, 2.05) is 19.1 Å². The Balaban J connectivity index is 1.30. The van der Waals surface area contributed by atoms with Gasteiger partial charge < -0.3 is 26.2 Å². The zero-order chi connectivity index (χ0) is 27.5. The number of nitrogens with zero attached hydrogens (tertiary/aromatic N) is 5. The van der Waals surface area contributed by atoms with Crippen molar-refractivity contribution < 1.29 is 14.6 Å². The van der Waals surface area contributed by atoms with Gasteiger partial charge in [-0.1, -0.05) is 6.07 Å². The molecular weight excluding hydrogens is 496 g/mol. The molecule has 0 saturated heterocycles. The first kappa shape index (κ1) is 28.0. The minimum absolute atomic E-state index is 0.173. The molecule has 0 unspecified atom stereocenters. The lowest BCUT2D eigenvalue weighted by Crippen LogP contribution is -2.37. The molecule has 0 aromatic carbocycles. The lowest BCUT2D eigenvalue weighted by Gasteiger charge is -2.25. The molecule has 0 spiro atoms. The van der Waals surface area contributed by atoms with Gasteiger partial charge >= 0.3 is 5.97 Å². The first-order valence-electron chi connectivity index (χ1n) is 13.5. The molecule has 1 aliphatic rings. The Morgan fingerprint density at radius 1 is 1.15 bits per heavy atom. The van der Waals surface area contributed by atoms with Crippen LogP contribution >= 0.6 is 0 Å². The molecule has 0 fully saturated rings. The quantitative estimate of drug-likeness (QED) is 0.213. The fraction of sp³-hybridized carbons (Fsp3) is 0.464. The first-order chi connectivity index (χ1) is 19.0. The number of aliphatic carboxylic acids is 1. The summed E-state index contributed by atoms with van der Waals surface area (Å²) in [6, 6.07) is 7.30. The van der Waals surface area contributed by atoms with E-state index in [-0.39, 0.29) is 11.6 Å². The number of carbonyl (C=O) groups is 1. The largest absolute Gasteiger partial charge is 0.491 e. The number of rotatable bonds is 15. The van der Waals surface area contributed by atoms with E-state index in [1.54, 1.807) is 6.20 Å².